The Morgan fingerprint density at radius 2 is 2.24 bits per heavy atom. The van der Waals surface area contributed by atoms with E-state index >= 15 is 0 Å². The maximum atomic E-state index is 13.4. The fraction of sp³-hybridized carbons (Fsp3) is 0.333. The number of nitrogens with zero attached hydrogens (tertiary/aromatic N) is 2. The molecular weight excluding hydrogens is 341 g/mol. The number of fused-ring (bicyclic) bond motifs is 2. The lowest BCUT2D eigenvalue weighted by molar-refractivity contribution is 0.400. The molecule has 1 aliphatic rings. The quantitative estimate of drug-likeness (QED) is 0.725. The summed E-state index contributed by atoms with van der Waals surface area (Å²) in [5.41, 5.74) is 3.99. The molecule has 0 saturated heterocycles. The minimum Gasteiger partial charge on any atom is -0.608 e. The van der Waals surface area contributed by atoms with Crippen LogP contribution in [0.15, 0.2) is 29.6 Å². The summed E-state index contributed by atoms with van der Waals surface area (Å²) in [7, 11) is 1.65. The van der Waals surface area contributed by atoms with Crippen LogP contribution < -0.4 is 4.74 Å². The Kier molecular flexibility index (Phi) is 4.13. The predicted octanol–water partition coefficient (Wildman–Crippen LogP) is 3.60. The Morgan fingerprint density at radius 1 is 1.40 bits per heavy atom. The molecule has 2 unspecified atom stereocenters. The van der Waals surface area contributed by atoms with E-state index in [0.717, 1.165) is 41.8 Å². The average Bonchev–Trinajstić information content (AvgIpc) is 3.03. The Bertz CT molecular complexity index is 943. The third-order valence-corrected chi connectivity index (χ3v) is 6.16. The zero-order valence-electron chi connectivity index (χ0n) is 14.0. The van der Waals surface area contributed by atoms with Gasteiger partial charge in [0.15, 0.2) is 5.25 Å². The van der Waals surface area contributed by atoms with E-state index in [0.29, 0.717) is 16.2 Å². The van der Waals surface area contributed by atoms with Crippen molar-refractivity contribution in [2.24, 2.45) is 0 Å². The molecule has 2 atom stereocenters. The van der Waals surface area contributed by atoms with Crippen LogP contribution in [-0.2, 0) is 17.6 Å². The van der Waals surface area contributed by atoms with Gasteiger partial charge < -0.3 is 9.29 Å². The largest absolute Gasteiger partial charge is 0.608 e. The molecule has 1 N–H and O–H groups in total. The normalized spacial score (nSPS) is 18.2. The highest BCUT2D eigenvalue weighted by Gasteiger charge is 2.36. The molecule has 0 radical (unpaired) electrons. The summed E-state index contributed by atoms with van der Waals surface area (Å²) in [6.07, 6.45) is 4.32. The number of rotatable bonds is 3. The second kappa shape index (κ2) is 6.31. The van der Waals surface area contributed by atoms with Crippen LogP contribution in [0.5, 0.6) is 5.75 Å². The van der Waals surface area contributed by atoms with E-state index in [9.17, 15) is 8.94 Å². The van der Waals surface area contributed by atoms with Gasteiger partial charge in [-0.25, -0.2) is 4.39 Å². The summed E-state index contributed by atoms with van der Waals surface area (Å²) >= 11 is -1.39. The Labute approximate surface area is 147 Å². The van der Waals surface area contributed by atoms with Gasteiger partial charge in [0.2, 0.25) is 0 Å². The second-order valence-electron chi connectivity index (χ2n) is 6.22. The molecule has 2 aromatic heterocycles. The zero-order valence-corrected chi connectivity index (χ0v) is 14.8. The number of nitrogens with one attached hydrogen (secondary N) is 1. The van der Waals surface area contributed by atoms with Gasteiger partial charge in [0.1, 0.15) is 11.6 Å². The maximum absolute atomic E-state index is 13.4. The molecule has 2 heterocycles. The van der Waals surface area contributed by atoms with Crippen molar-refractivity contribution in [3.63, 3.8) is 0 Å². The minimum absolute atomic E-state index is 0.247. The number of benzene rings is 1. The van der Waals surface area contributed by atoms with E-state index in [1.165, 1.54) is 12.1 Å². The summed E-state index contributed by atoms with van der Waals surface area (Å²) < 4.78 is 32.1. The number of H-pyrrole nitrogens is 1. The number of imidazole rings is 1. The third-order valence-electron chi connectivity index (χ3n) is 4.61. The summed E-state index contributed by atoms with van der Waals surface area (Å²) in [6, 6.07) is 4.30. The van der Waals surface area contributed by atoms with E-state index in [-0.39, 0.29) is 11.1 Å². The molecule has 7 heteroatoms. The standard InChI is InChI=1S/C18H18FN3O2S/c1-10-9-20-16-12(17(10)24-2)4-3-5-15(16)25(23)18-21-13-7-6-11(19)8-14(13)22-18/h6-9,15H,3-5H2,1-2H3,(H,21,22). The van der Waals surface area contributed by atoms with Crippen molar-refractivity contribution in [2.45, 2.75) is 36.6 Å². The van der Waals surface area contributed by atoms with Crippen molar-refractivity contribution in [1.82, 2.24) is 15.0 Å². The molecule has 4 rings (SSSR count). The summed E-state index contributed by atoms with van der Waals surface area (Å²) in [4.78, 5) is 11.9. The van der Waals surface area contributed by atoms with Gasteiger partial charge in [-0.3, -0.25) is 9.97 Å². The number of aromatic nitrogens is 3. The van der Waals surface area contributed by atoms with Crippen LogP contribution in [0.2, 0.25) is 0 Å². The van der Waals surface area contributed by atoms with E-state index in [1.807, 2.05) is 6.92 Å². The number of aromatic amines is 1. The monoisotopic (exact) mass is 359 g/mol. The van der Waals surface area contributed by atoms with Crippen LogP contribution >= 0.6 is 0 Å². The molecule has 130 valence electrons. The van der Waals surface area contributed by atoms with Crippen LogP contribution in [-0.4, -0.2) is 26.6 Å². The number of halogens is 1. The van der Waals surface area contributed by atoms with Crippen LogP contribution in [0.25, 0.3) is 11.0 Å². The zero-order chi connectivity index (χ0) is 17.6. The fourth-order valence-electron chi connectivity index (χ4n) is 3.46. The van der Waals surface area contributed by atoms with Crippen molar-refractivity contribution >= 4 is 22.2 Å². The van der Waals surface area contributed by atoms with Gasteiger partial charge in [0.25, 0.3) is 0 Å². The average molecular weight is 359 g/mol. The topological polar surface area (TPSA) is 73.9 Å². The Morgan fingerprint density at radius 3 is 3.04 bits per heavy atom. The molecule has 0 spiro atoms. The molecule has 0 amide bonds. The van der Waals surface area contributed by atoms with Crippen molar-refractivity contribution in [3.05, 3.63) is 47.0 Å². The smallest absolute Gasteiger partial charge is 0.322 e. The SMILES string of the molecule is COc1c(C)cnc2c1CCCC2[S+]([O-])c1nc2ccc(F)cc2[nH]1. The van der Waals surface area contributed by atoms with Crippen molar-refractivity contribution in [3.8, 4) is 5.75 Å². The molecule has 0 bridgehead atoms. The number of pyridine rings is 1. The van der Waals surface area contributed by atoms with E-state index in [1.54, 1.807) is 19.4 Å². The van der Waals surface area contributed by atoms with E-state index < -0.39 is 11.2 Å². The first-order valence-corrected chi connectivity index (χ1v) is 9.38. The highest BCUT2D eigenvalue weighted by atomic mass is 32.2. The number of aryl methyl sites for hydroxylation is 1. The maximum Gasteiger partial charge on any atom is 0.322 e. The predicted molar refractivity (Wildman–Crippen MR) is 93.7 cm³/mol. The molecule has 0 aliphatic heterocycles. The van der Waals surface area contributed by atoms with Gasteiger partial charge >= 0.3 is 5.16 Å². The highest BCUT2D eigenvalue weighted by Crippen LogP contribution is 2.41. The lowest BCUT2D eigenvalue weighted by atomic mass is 9.93. The van der Waals surface area contributed by atoms with Crippen LogP contribution in [0.1, 0.15) is 34.9 Å². The number of hydrogen-bond acceptors (Lipinski definition) is 4. The second-order valence-corrected chi connectivity index (χ2v) is 7.77. The van der Waals surface area contributed by atoms with Crippen LogP contribution in [0.4, 0.5) is 4.39 Å². The molecule has 25 heavy (non-hydrogen) atoms. The molecule has 0 fully saturated rings. The van der Waals surface area contributed by atoms with E-state index in [2.05, 4.69) is 15.0 Å². The minimum atomic E-state index is -1.39. The fourth-order valence-corrected chi connectivity index (χ4v) is 4.91. The molecule has 0 saturated carbocycles. The number of ether oxygens (including phenoxy) is 1. The number of methoxy groups -OCH3 is 1. The first kappa shape index (κ1) is 16.4. The Hall–Kier alpha value is -2.12. The van der Waals surface area contributed by atoms with Crippen LogP contribution in [0, 0.1) is 12.7 Å². The summed E-state index contributed by atoms with van der Waals surface area (Å²) in [5.74, 6) is 0.483. The first-order chi connectivity index (χ1) is 12.1. The number of hydrogen-bond donors (Lipinski definition) is 1. The summed E-state index contributed by atoms with van der Waals surface area (Å²) in [6.45, 7) is 1.96. The molecule has 1 aromatic carbocycles. The van der Waals surface area contributed by atoms with Gasteiger partial charge in [-0.2, -0.15) is 4.98 Å². The van der Waals surface area contributed by atoms with Gasteiger partial charge in [-0.05, 0) is 38.0 Å². The van der Waals surface area contributed by atoms with Gasteiger partial charge in [0.05, 0.1) is 23.8 Å². The van der Waals surface area contributed by atoms with Gasteiger partial charge in [-0.1, -0.05) is 0 Å². The van der Waals surface area contributed by atoms with E-state index in [4.69, 9.17) is 4.74 Å². The molecule has 3 aromatic rings. The highest BCUT2D eigenvalue weighted by molar-refractivity contribution is 7.91. The van der Waals surface area contributed by atoms with Gasteiger partial charge in [0, 0.05) is 34.9 Å². The third kappa shape index (κ3) is 2.77. The molecular formula is C18H18FN3O2S. The lowest BCUT2D eigenvalue weighted by Crippen LogP contribution is -2.22. The van der Waals surface area contributed by atoms with Crippen molar-refractivity contribution in [1.29, 1.82) is 0 Å². The lowest BCUT2D eigenvalue weighted by Gasteiger charge is -2.26. The Balaban J connectivity index is 1.75. The van der Waals surface area contributed by atoms with Crippen molar-refractivity contribution < 1.29 is 13.7 Å². The molecule has 1 aliphatic carbocycles. The van der Waals surface area contributed by atoms with Gasteiger partial charge in [-0.15, -0.1) is 0 Å². The molecule has 5 nitrogen and oxygen atoms in total. The van der Waals surface area contributed by atoms with Crippen LogP contribution in [0.3, 0.4) is 0 Å². The van der Waals surface area contributed by atoms with Crippen molar-refractivity contribution in [2.75, 3.05) is 7.11 Å². The first-order valence-electron chi connectivity index (χ1n) is 8.16. The summed E-state index contributed by atoms with van der Waals surface area (Å²) in [5, 5.41) is 0.114.